The summed E-state index contributed by atoms with van der Waals surface area (Å²) in [6.45, 7) is 3.93. The fourth-order valence-corrected chi connectivity index (χ4v) is 2.57. The molecule has 2 heterocycles. The summed E-state index contributed by atoms with van der Waals surface area (Å²) in [7, 11) is 0. The van der Waals surface area contributed by atoms with Crippen molar-refractivity contribution in [1.82, 2.24) is 5.32 Å². The van der Waals surface area contributed by atoms with Crippen molar-refractivity contribution < 1.29 is 4.74 Å². The Hall–Kier alpha value is -0.860. The number of fused-ring (bicyclic) bond motifs is 1. The maximum Gasteiger partial charge on any atom is 0.0534 e. The average molecular weight is 203 g/mol. The quantitative estimate of drug-likeness (QED) is 0.755. The molecule has 0 amide bonds. The highest BCUT2D eigenvalue weighted by atomic mass is 16.5. The number of ether oxygens (including phenoxy) is 1. The zero-order chi connectivity index (χ0) is 10.1. The van der Waals surface area contributed by atoms with Crippen molar-refractivity contribution in [3.05, 3.63) is 34.9 Å². The minimum Gasteiger partial charge on any atom is -0.381 e. The molecule has 2 heteroatoms. The second-order valence-corrected chi connectivity index (χ2v) is 4.55. The normalized spacial score (nSPS) is 25.2. The molecule has 1 saturated heterocycles. The molecule has 2 aliphatic rings. The van der Waals surface area contributed by atoms with Crippen LogP contribution >= 0.6 is 0 Å². The van der Waals surface area contributed by atoms with Gasteiger partial charge in [-0.25, -0.2) is 0 Å². The first-order chi connectivity index (χ1) is 7.43. The van der Waals surface area contributed by atoms with Gasteiger partial charge >= 0.3 is 0 Å². The molecular formula is C13H17NO. The minimum atomic E-state index is 0.629. The highest BCUT2D eigenvalue weighted by Crippen LogP contribution is 2.28. The molecule has 15 heavy (non-hydrogen) atoms. The Labute approximate surface area is 90.6 Å². The van der Waals surface area contributed by atoms with Gasteiger partial charge in [-0.1, -0.05) is 18.2 Å². The Balaban J connectivity index is 1.85. The molecule has 2 aliphatic heterocycles. The third kappa shape index (κ3) is 1.80. The van der Waals surface area contributed by atoms with Gasteiger partial charge in [0.15, 0.2) is 0 Å². The average Bonchev–Trinajstić information content (AvgIpc) is 2.77. The molecule has 1 N–H and O–H groups in total. The van der Waals surface area contributed by atoms with Gasteiger partial charge < -0.3 is 10.1 Å². The first-order valence-corrected chi connectivity index (χ1v) is 5.83. The Kier molecular flexibility index (Phi) is 2.47. The number of hydrogen-bond acceptors (Lipinski definition) is 2. The molecule has 2 nitrogen and oxygen atoms in total. The predicted octanol–water partition coefficient (Wildman–Crippen LogP) is 2.18. The van der Waals surface area contributed by atoms with Crippen molar-refractivity contribution >= 4 is 0 Å². The van der Waals surface area contributed by atoms with E-state index < -0.39 is 0 Å². The van der Waals surface area contributed by atoms with Crippen molar-refractivity contribution in [2.45, 2.75) is 31.8 Å². The SMILES string of the molecule is c1cc2c(cc1C1CCCOC1)CNC2. The molecule has 80 valence electrons. The number of nitrogens with one attached hydrogen (secondary N) is 1. The Morgan fingerprint density at radius 3 is 3.00 bits per heavy atom. The fourth-order valence-electron chi connectivity index (χ4n) is 2.57. The summed E-state index contributed by atoms with van der Waals surface area (Å²) in [5.41, 5.74) is 4.42. The standard InChI is InChI=1S/C13H17NO/c1-2-12(9-15-5-1)10-3-4-11-7-14-8-13(11)6-10/h3-4,6,12,14H,1-2,5,7-9H2. The third-order valence-electron chi connectivity index (χ3n) is 3.49. The Morgan fingerprint density at radius 2 is 2.13 bits per heavy atom. The largest absolute Gasteiger partial charge is 0.381 e. The predicted molar refractivity (Wildman–Crippen MR) is 59.8 cm³/mol. The van der Waals surface area contributed by atoms with Crippen molar-refractivity contribution in [2.24, 2.45) is 0 Å². The van der Waals surface area contributed by atoms with E-state index in [-0.39, 0.29) is 0 Å². The van der Waals surface area contributed by atoms with Crippen molar-refractivity contribution in [3.8, 4) is 0 Å². The number of benzene rings is 1. The van der Waals surface area contributed by atoms with Crippen LogP contribution in [0.25, 0.3) is 0 Å². The van der Waals surface area contributed by atoms with Crippen molar-refractivity contribution in [3.63, 3.8) is 0 Å². The minimum absolute atomic E-state index is 0.629. The highest BCUT2D eigenvalue weighted by molar-refractivity contribution is 5.36. The molecule has 1 aromatic carbocycles. The summed E-state index contributed by atoms with van der Waals surface area (Å²) in [5.74, 6) is 0.629. The van der Waals surface area contributed by atoms with Gasteiger partial charge in [0.2, 0.25) is 0 Å². The number of hydrogen-bond donors (Lipinski definition) is 1. The maximum absolute atomic E-state index is 5.54. The van der Waals surface area contributed by atoms with Gasteiger partial charge in [0.25, 0.3) is 0 Å². The summed E-state index contributed by atoms with van der Waals surface area (Å²) in [6.07, 6.45) is 2.49. The molecule has 3 rings (SSSR count). The molecule has 1 atom stereocenters. The topological polar surface area (TPSA) is 21.3 Å². The lowest BCUT2D eigenvalue weighted by Gasteiger charge is -2.22. The molecule has 0 radical (unpaired) electrons. The third-order valence-corrected chi connectivity index (χ3v) is 3.49. The van der Waals surface area contributed by atoms with Crippen LogP contribution < -0.4 is 5.32 Å². The van der Waals surface area contributed by atoms with E-state index in [0.717, 1.165) is 26.3 Å². The molecule has 0 aromatic heterocycles. The van der Waals surface area contributed by atoms with Crippen LogP contribution in [0, 0.1) is 0 Å². The molecule has 1 unspecified atom stereocenters. The summed E-state index contributed by atoms with van der Waals surface area (Å²) >= 11 is 0. The van der Waals surface area contributed by atoms with Gasteiger partial charge in [-0.15, -0.1) is 0 Å². The smallest absolute Gasteiger partial charge is 0.0534 e. The molecular weight excluding hydrogens is 186 g/mol. The van der Waals surface area contributed by atoms with Crippen LogP contribution in [0.15, 0.2) is 18.2 Å². The summed E-state index contributed by atoms with van der Waals surface area (Å²) < 4.78 is 5.54. The van der Waals surface area contributed by atoms with Crippen LogP contribution in [0.5, 0.6) is 0 Å². The van der Waals surface area contributed by atoms with Crippen LogP contribution in [0.3, 0.4) is 0 Å². The molecule has 1 fully saturated rings. The fraction of sp³-hybridized carbons (Fsp3) is 0.538. The van der Waals surface area contributed by atoms with E-state index >= 15 is 0 Å². The second kappa shape index (κ2) is 3.95. The first-order valence-electron chi connectivity index (χ1n) is 5.83. The Morgan fingerprint density at radius 1 is 1.20 bits per heavy atom. The lowest BCUT2D eigenvalue weighted by atomic mass is 9.91. The van der Waals surface area contributed by atoms with Gasteiger partial charge in [-0.05, 0) is 29.5 Å². The van der Waals surface area contributed by atoms with E-state index in [9.17, 15) is 0 Å². The second-order valence-electron chi connectivity index (χ2n) is 4.55. The van der Waals surface area contributed by atoms with Crippen LogP contribution in [-0.4, -0.2) is 13.2 Å². The van der Waals surface area contributed by atoms with E-state index in [1.807, 2.05) is 0 Å². The summed E-state index contributed by atoms with van der Waals surface area (Å²) in [5, 5.41) is 3.39. The highest BCUT2D eigenvalue weighted by Gasteiger charge is 2.18. The summed E-state index contributed by atoms with van der Waals surface area (Å²) in [6, 6.07) is 6.93. The molecule has 0 aliphatic carbocycles. The van der Waals surface area contributed by atoms with Gasteiger partial charge in [0, 0.05) is 25.6 Å². The van der Waals surface area contributed by atoms with Crippen LogP contribution in [0.1, 0.15) is 35.4 Å². The van der Waals surface area contributed by atoms with E-state index in [1.165, 1.54) is 29.5 Å². The molecule has 1 aromatic rings. The first kappa shape index (κ1) is 9.37. The number of rotatable bonds is 1. The van der Waals surface area contributed by atoms with Crippen LogP contribution in [-0.2, 0) is 17.8 Å². The summed E-state index contributed by atoms with van der Waals surface area (Å²) in [4.78, 5) is 0. The van der Waals surface area contributed by atoms with Gasteiger partial charge in [0.1, 0.15) is 0 Å². The van der Waals surface area contributed by atoms with E-state index in [4.69, 9.17) is 4.74 Å². The molecule has 0 spiro atoms. The van der Waals surface area contributed by atoms with E-state index in [1.54, 1.807) is 0 Å². The zero-order valence-corrected chi connectivity index (χ0v) is 8.96. The van der Waals surface area contributed by atoms with Gasteiger partial charge in [-0.3, -0.25) is 0 Å². The van der Waals surface area contributed by atoms with Crippen LogP contribution in [0.2, 0.25) is 0 Å². The zero-order valence-electron chi connectivity index (χ0n) is 8.96. The van der Waals surface area contributed by atoms with Crippen LogP contribution in [0.4, 0.5) is 0 Å². The lowest BCUT2D eigenvalue weighted by Crippen LogP contribution is -2.15. The van der Waals surface area contributed by atoms with Crippen molar-refractivity contribution in [1.29, 1.82) is 0 Å². The lowest BCUT2D eigenvalue weighted by molar-refractivity contribution is 0.0804. The monoisotopic (exact) mass is 203 g/mol. The van der Waals surface area contributed by atoms with E-state index in [0.29, 0.717) is 5.92 Å². The van der Waals surface area contributed by atoms with Gasteiger partial charge in [-0.2, -0.15) is 0 Å². The Bertz CT molecular complexity index is 356. The van der Waals surface area contributed by atoms with Crippen molar-refractivity contribution in [2.75, 3.05) is 13.2 Å². The van der Waals surface area contributed by atoms with E-state index in [2.05, 4.69) is 23.5 Å². The molecule has 0 bridgehead atoms. The molecule has 0 saturated carbocycles. The van der Waals surface area contributed by atoms with Gasteiger partial charge in [0.05, 0.1) is 6.61 Å². The maximum atomic E-state index is 5.54.